The average molecular weight is 316 g/mol. The zero-order valence-corrected chi connectivity index (χ0v) is 13.3. The van der Waals surface area contributed by atoms with E-state index in [4.69, 9.17) is 0 Å². The Labute approximate surface area is 134 Å². The van der Waals surface area contributed by atoms with Crippen LogP contribution in [0.5, 0.6) is 0 Å². The van der Waals surface area contributed by atoms with Crippen LogP contribution >= 0.6 is 11.8 Å². The Morgan fingerprint density at radius 3 is 2.59 bits per heavy atom. The molecule has 22 heavy (non-hydrogen) atoms. The molecule has 3 aliphatic rings. The summed E-state index contributed by atoms with van der Waals surface area (Å²) < 4.78 is 0. The SMILES string of the molecule is O=C1CSc2ccc(C(=O)N(C3CCCC3)C3CC3)cc2N1. The minimum atomic E-state index is 0.0111. The second-order valence-electron chi connectivity index (χ2n) is 6.43. The van der Waals surface area contributed by atoms with E-state index < -0.39 is 0 Å². The lowest BCUT2D eigenvalue weighted by molar-refractivity contribution is -0.113. The Bertz CT molecular complexity index is 621. The molecule has 0 atom stereocenters. The minimum Gasteiger partial charge on any atom is -0.333 e. The highest BCUT2D eigenvalue weighted by molar-refractivity contribution is 8.00. The summed E-state index contributed by atoms with van der Waals surface area (Å²) in [6, 6.07) is 6.59. The zero-order chi connectivity index (χ0) is 15.1. The van der Waals surface area contributed by atoms with Gasteiger partial charge in [0.1, 0.15) is 0 Å². The van der Waals surface area contributed by atoms with Crippen molar-refractivity contribution in [2.45, 2.75) is 55.5 Å². The van der Waals surface area contributed by atoms with Gasteiger partial charge in [0, 0.05) is 22.5 Å². The fourth-order valence-electron chi connectivity index (χ4n) is 3.53. The smallest absolute Gasteiger partial charge is 0.254 e. The topological polar surface area (TPSA) is 49.4 Å². The van der Waals surface area contributed by atoms with Crippen molar-refractivity contribution in [2.24, 2.45) is 0 Å². The van der Waals surface area contributed by atoms with Crippen molar-refractivity contribution in [3.05, 3.63) is 23.8 Å². The molecule has 4 nitrogen and oxygen atoms in total. The first-order chi connectivity index (χ1) is 10.7. The predicted octanol–water partition coefficient (Wildman–Crippen LogP) is 3.28. The van der Waals surface area contributed by atoms with Gasteiger partial charge in [0.15, 0.2) is 0 Å². The number of carbonyl (C=O) groups is 2. The fourth-order valence-corrected chi connectivity index (χ4v) is 4.32. The van der Waals surface area contributed by atoms with Gasteiger partial charge in [-0.05, 0) is 43.9 Å². The third-order valence-electron chi connectivity index (χ3n) is 4.75. The monoisotopic (exact) mass is 316 g/mol. The Hall–Kier alpha value is -1.49. The summed E-state index contributed by atoms with van der Waals surface area (Å²) in [5, 5.41) is 2.88. The van der Waals surface area contributed by atoms with Crippen LogP contribution in [-0.2, 0) is 4.79 Å². The van der Waals surface area contributed by atoms with Gasteiger partial charge in [0.2, 0.25) is 5.91 Å². The van der Waals surface area contributed by atoms with Crippen LogP contribution in [0.2, 0.25) is 0 Å². The van der Waals surface area contributed by atoms with Gasteiger partial charge in [-0.2, -0.15) is 0 Å². The maximum atomic E-state index is 13.0. The van der Waals surface area contributed by atoms with Crippen molar-refractivity contribution in [3.63, 3.8) is 0 Å². The minimum absolute atomic E-state index is 0.0111. The number of nitrogens with zero attached hydrogens (tertiary/aromatic N) is 1. The van der Waals surface area contributed by atoms with Crippen molar-refractivity contribution in [3.8, 4) is 0 Å². The van der Waals surface area contributed by atoms with Crippen LogP contribution in [-0.4, -0.2) is 34.6 Å². The Morgan fingerprint density at radius 1 is 1.14 bits per heavy atom. The van der Waals surface area contributed by atoms with E-state index in [1.807, 2.05) is 18.2 Å². The molecule has 4 rings (SSSR count). The summed E-state index contributed by atoms with van der Waals surface area (Å²) in [4.78, 5) is 27.7. The van der Waals surface area contributed by atoms with Crippen LogP contribution in [0.25, 0.3) is 0 Å². The molecule has 5 heteroatoms. The van der Waals surface area contributed by atoms with Crippen molar-refractivity contribution in [1.29, 1.82) is 0 Å². The quantitative estimate of drug-likeness (QED) is 0.931. The van der Waals surface area contributed by atoms with Gasteiger partial charge in [-0.15, -0.1) is 11.8 Å². The van der Waals surface area contributed by atoms with E-state index in [1.54, 1.807) is 0 Å². The van der Waals surface area contributed by atoms with Crippen molar-refractivity contribution in [1.82, 2.24) is 4.90 Å². The van der Waals surface area contributed by atoms with Gasteiger partial charge in [0.05, 0.1) is 11.4 Å². The maximum absolute atomic E-state index is 13.0. The van der Waals surface area contributed by atoms with Gasteiger partial charge >= 0.3 is 0 Å². The lowest BCUT2D eigenvalue weighted by Gasteiger charge is -2.29. The van der Waals surface area contributed by atoms with E-state index in [0.29, 0.717) is 23.4 Å². The second kappa shape index (κ2) is 5.61. The van der Waals surface area contributed by atoms with E-state index in [2.05, 4.69) is 10.2 Å². The molecule has 2 saturated carbocycles. The summed E-state index contributed by atoms with van der Waals surface area (Å²) in [5.41, 5.74) is 1.50. The number of carbonyl (C=O) groups excluding carboxylic acids is 2. The molecule has 2 amide bonds. The van der Waals surface area contributed by atoms with Crippen LogP contribution in [0.3, 0.4) is 0 Å². The molecule has 2 fully saturated rings. The van der Waals surface area contributed by atoms with Gasteiger partial charge in [0.25, 0.3) is 5.91 Å². The molecule has 0 radical (unpaired) electrons. The highest BCUT2D eigenvalue weighted by atomic mass is 32.2. The Balaban J connectivity index is 1.61. The third kappa shape index (κ3) is 2.62. The Kier molecular flexibility index (Phi) is 3.60. The fraction of sp³-hybridized carbons (Fsp3) is 0.529. The number of amides is 2. The molecule has 1 N–H and O–H groups in total. The van der Waals surface area contributed by atoms with E-state index in [1.165, 1.54) is 24.6 Å². The maximum Gasteiger partial charge on any atom is 0.254 e. The zero-order valence-electron chi connectivity index (χ0n) is 12.5. The lowest BCUT2D eigenvalue weighted by atomic mass is 10.1. The van der Waals surface area contributed by atoms with Gasteiger partial charge in [-0.25, -0.2) is 0 Å². The second-order valence-corrected chi connectivity index (χ2v) is 7.45. The number of hydrogen-bond donors (Lipinski definition) is 1. The number of nitrogens with one attached hydrogen (secondary N) is 1. The molecule has 0 saturated heterocycles. The highest BCUT2D eigenvalue weighted by Gasteiger charge is 2.38. The van der Waals surface area contributed by atoms with Gasteiger partial charge < -0.3 is 10.2 Å². The van der Waals surface area contributed by atoms with E-state index in [0.717, 1.165) is 36.3 Å². The number of hydrogen-bond acceptors (Lipinski definition) is 3. The molecule has 116 valence electrons. The third-order valence-corrected chi connectivity index (χ3v) is 5.83. The number of thioether (sulfide) groups is 1. The molecular weight excluding hydrogens is 296 g/mol. The molecule has 0 spiro atoms. The number of benzene rings is 1. The van der Waals surface area contributed by atoms with Gasteiger partial charge in [-0.1, -0.05) is 12.8 Å². The summed E-state index contributed by atoms with van der Waals surface area (Å²) in [6.07, 6.45) is 7.02. The van der Waals surface area contributed by atoms with E-state index in [9.17, 15) is 9.59 Å². The number of anilines is 1. The molecule has 1 heterocycles. The van der Waals surface area contributed by atoms with E-state index in [-0.39, 0.29) is 11.8 Å². The molecule has 0 unspecified atom stereocenters. The molecule has 0 bridgehead atoms. The number of fused-ring (bicyclic) bond motifs is 1. The average Bonchev–Trinajstić information content (AvgIpc) is 3.20. The van der Waals surface area contributed by atoms with Crippen LogP contribution in [0.4, 0.5) is 5.69 Å². The first-order valence-electron chi connectivity index (χ1n) is 8.12. The first kappa shape index (κ1) is 14.1. The summed E-state index contributed by atoms with van der Waals surface area (Å²) >= 11 is 1.53. The largest absolute Gasteiger partial charge is 0.333 e. The van der Waals surface area contributed by atoms with Crippen LogP contribution in [0, 0.1) is 0 Å². The summed E-state index contributed by atoms with van der Waals surface area (Å²) in [7, 11) is 0. The molecular formula is C17H20N2O2S. The standard InChI is InChI=1S/C17H20N2O2S/c20-16-10-22-15-8-5-11(9-14(15)18-16)17(21)19(13-6-7-13)12-3-1-2-4-12/h5,8-9,12-13H,1-4,6-7,10H2,(H,18,20). The number of rotatable bonds is 3. The van der Waals surface area contributed by atoms with Crippen LogP contribution in [0.1, 0.15) is 48.9 Å². The molecule has 1 aliphatic heterocycles. The van der Waals surface area contributed by atoms with Crippen LogP contribution < -0.4 is 5.32 Å². The molecule has 1 aromatic carbocycles. The molecule has 2 aliphatic carbocycles. The van der Waals surface area contributed by atoms with Crippen LogP contribution in [0.15, 0.2) is 23.1 Å². The summed E-state index contributed by atoms with van der Waals surface area (Å²) in [5.74, 6) is 0.607. The van der Waals surface area contributed by atoms with Crippen molar-refractivity contribution < 1.29 is 9.59 Å². The lowest BCUT2D eigenvalue weighted by Crippen LogP contribution is -2.40. The molecule has 0 aromatic heterocycles. The van der Waals surface area contributed by atoms with Crippen molar-refractivity contribution in [2.75, 3.05) is 11.1 Å². The molecule has 1 aromatic rings. The van der Waals surface area contributed by atoms with Crippen molar-refractivity contribution >= 4 is 29.3 Å². The predicted molar refractivity (Wildman–Crippen MR) is 87.2 cm³/mol. The van der Waals surface area contributed by atoms with E-state index >= 15 is 0 Å². The first-order valence-corrected chi connectivity index (χ1v) is 9.10. The summed E-state index contributed by atoms with van der Waals surface area (Å²) in [6.45, 7) is 0. The Morgan fingerprint density at radius 2 is 1.86 bits per heavy atom. The van der Waals surface area contributed by atoms with Gasteiger partial charge in [-0.3, -0.25) is 9.59 Å². The normalized spacial score (nSPS) is 21.4. The highest BCUT2D eigenvalue weighted by Crippen LogP contribution is 2.37.